The smallest absolute Gasteiger partial charge is 0.327 e. The summed E-state index contributed by atoms with van der Waals surface area (Å²) in [7, 11) is 0. The molecule has 0 saturated carbocycles. The van der Waals surface area contributed by atoms with Gasteiger partial charge in [0.15, 0.2) is 0 Å². The van der Waals surface area contributed by atoms with E-state index < -0.39 is 12.0 Å². The Labute approximate surface area is 90.4 Å². The largest absolute Gasteiger partial charge is 0.480 e. The molecule has 0 aromatic heterocycles. The summed E-state index contributed by atoms with van der Waals surface area (Å²) in [6.07, 6.45) is 0. The van der Waals surface area contributed by atoms with Gasteiger partial charge in [0.1, 0.15) is 6.04 Å². The monoisotopic (exact) mass is 233 g/mol. The summed E-state index contributed by atoms with van der Waals surface area (Å²) in [5.41, 5.74) is 0. The third-order valence-electron chi connectivity index (χ3n) is 2.52. The molecule has 2 aliphatic rings. The summed E-state index contributed by atoms with van der Waals surface area (Å²) in [5, 5.41) is 8.97. The molecule has 2 atom stereocenters. The molecule has 2 saturated heterocycles. The molecule has 4 nitrogen and oxygen atoms in total. The lowest BCUT2D eigenvalue weighted by molar-refractivity contribution is -0.149. The number of carbonyl (C=O) groups is 2. The van der Waals surface area contributed by atoms with Crippen LogP contribution in [0, 0.1) is 0 Å². The van der Waals surface area contributed by atoms with Crippen molar-refractivity contribution < 1.29 is 14.7 Å². The van der Waals surface area contributed by atoms with Crippen molar-refractivity contribution in [1.29, 1.82) is 0 Å². The number of carbonyl (C=O) groups excluding carboxylic acids is 1. The van der Waals surface area contributed by atoms with Crippen LogP contribution in [-0.2, 0) is 9.59 Å². The SMILES string of the molecule is C[C@@]12CSCC(=O)N1[C@@H](C(=O)O)CS2. The second kappa shape index (κ2) is 3.34. The minimum absolute atomic E-state index is 0.0406. The number of hydrogen-bond acceptors (Lipinski definition) is 4. The topological polar surface area (TPSA) is 57.6 Å². The first-order chi connectivity index (χ1) is 6.54. The molecule has 78 valence electrons. The summed E-state index contributed by atoms with van der Waals surface area (Å²) in [6, 6.07) is -0.626. The van der Waals surface area contributed by atoms with Crippen LogP contribution in [0.15, 0.2) is 0 Å². The lowest BCUT2D eigenvalue weighted by Crippen LogP contribution is -2.55. The third-order valence-corrected chi connectivity index (χ3v) is 5.37. The van der Waals surface area contributed by atoms with Gasteiger partial charge < -0.3 is 10.0 Å². The van der Waals surface area contributed by atoms with Crippen LogP contribution in [0.2, 0.25) is 0 Å². The molecule has 1 N–H and O–H groups in total. The zero-order chi connectivity index (χ0) is 10.3. The van der Waals surface area contributed by atoms with Gasteiger partial charge in [0.05, 0.1) is 10.6 Å². The third kappa shape index (κ3) is 1.40. The molecule has 0 aliphatic carbocycles. The number of fused-ring (bicyclic) bond motifs is 1. The van der Waals surface area contributed by atoms with Gasteiger partial charge in [0.25, 0.3) is 0 Å². The van der Waals surface area contributed by atoms with Gasteiger partial charge in [-0.15, -0.1) is 23.5 Å². The molecule has 6 heteroatoms. The molecule has 0 aromatic carbocycles. The van der Waals surface area contributed by atoms with Crippen molar-refractivity contribution in [1.82, 2.24) is 4.90 Å². The van der Waals surface area contributed by atoms with Gasteiger partial charge in [-0.25, -0.2) is 4.79 Å². The molecule has 0 radical (unpaired) electrons. The van der Waals surface area contributed by atoms with E-state index in [4.69, 9.17) is 5.11 Å². The Morgan fingerprint density at radius 2 is 2.43 bits per heavy atom. The van der Waals surface area contributed by atoms with E-state index >= 15 is 0 Å². The van der Waals surface area contributed by atoms with Crippen molar-refractivity contribution in [3.05, 3.63) is 0 Å². The van der Waals surface area contributed by atoms with E-state index in [0.717, 1.165) is 5.75 Å². The average Bonchev–Trinajstić information content (AvgIpc) is 2.43. The minimum Gasteiger partial charge on any atom is -0.480 e. The molecule has 0 bridgehead atoms. The molecule has 0 unspecified atom stereocenters. The molecular weight excluding hydrogens is 222 g/mol. The number of carboxylic acid groups (broad SMARTS) is 1. The van der Waals surface area contributed by atoms with Crippen LogP contribution < -0.4 is 0 Å². The highest BCUT2D eigenvalue weighted by molar-refractivity contribution is 8.04. The second-order valence-corrected chi connectivity index (χ2v) is 6.08. The molecule has 0 aromatic rings. The summed E-state index contributed by atoms with van der Waals surface area (Å²) >= 11 is 3.16. The summed E-state index contributed by atoms with van der Waals surface area (Å²) < 4.78 is 0. The van der Waals surface area contributed by atoms with Crippen LogP contribution in [0.5, 0.6) is 0 Å². The molecule has 0 spiro atoms. The van der Waals surface area contributed by atoms with Crippen molar-refractivity contribution in [2.24, 2.45) is 0 Å². The summed E-state index contributed by atoms with van der Waals surface area (Å²) in [5.74, 6) is 0.827. The number of amides is 1. The zero-order valence-electron chi connectivity index (χ0n) is 7.73. The van der Waals surface area contributed by atoms with Gasteiger partial charge in [-0.1, -0.05) is 0 Å². The number of rotatable bonds is 1. The first kappa shape index (κ1) is 10.2. The molecular formula is C8H11NO3S2. The number of carboxylic acids is 1. The zero-order valence-corrected chi connectivity index (χ0v) is 9.36. The summed E-state index contributed by atoms with van der Waals surface area (Å²) in [4.78, 5) is 23.8. The van der Waals surface area contributed by atoms with E-state index in [-0.39, 0.29) is 10.8 Å². The van der Waals surface area contributed by atoms with Crippen LogP contribution in [0.4, 0.5) is 0 Å². The molecule has 2 fully saturated rings. The lowest BCUT2D eigenvalue weighted by Gasteiger charge is -2.39. The van der Waals surface area contributed by atoms with Gasteiger partial charge in [-0.3, -0.25) is 4.79 Å². The fraction of sp³-hybridized carbons (Fsp3) is 0.750. The van der Waals surface area contributed by atoms with Gasteiger partial charge in [0, 0.05) is 11.5 Å². The number of thioether (sulfide) groups is 2. The van der Waals surface area contributed by atoms with Crippen LogP contribution in [0.3, 0.4) is 0 Å². The highest BCUT2D eigenvalue weighted by Gasteiger charge is 2.51. The number of aliphatic carboxylic acids is 1. The molecule has 2 heterocycles. The van der Waals surface area contributed by atoms with E-state index in [1.807, 2.05) is 6.92 Å². The minimum atomic E-state index is -0.888. The fourth-order valence-corrected chi connectivity index (χ4v) is 4.55. The van der Waals surface area contributed by atoms with Crippen molar-refractivity contribution >= 4 is 35.4 Å². The maximum absolute atomic E-state index is 11.6. The molecule has 2 rings (SSSR count). The maximum atomic E-state index is 11.6. The summed E-state index contributed by atoms with van der Waals surface area (Å²) in [6.45, 7) is 1.95. The van der Waals surface area contributed by atoms with Crippen molar-refractivity contribution in [3.63, 3.8) is 0 Å². The van der Waals surface area contributed by atoms with Crippen LogP contribution in [-0.4, -0.2) is 50.1 Å². The van der Waals surface area contributed by atoms with Crippen LogP contribution in [0.25, 0.3) is 0 Å². The van der Waals surface area contributed by atoms with E-state index in [1.165, 1.54) is 0 Å². The maximum Gasteiger partial charge on any atom is 0.327 e. The van der Waals surface area contributed by atoms with Gasteiger partial charge >= 0.3 is 5.97 Å². The highest BCUT2D eigenvalue weighted by atomic mass is 32.2. The normalized spacial score (nSPS) is 37.1. The predicted octanol–water partition coefficient (Wildman–Crippen LogP) is 0.478. The Balaban J connectivity index is 2.29. The van der Waals surface area contributed by atoms with Gasteiger partial charge in [0.2, 0.25) is 5.91 Å². The first-order valence-electron chi connectivity index (χ1n) is 4.31. The van der Waals surface area contributed by atoms with Crippen molar-refractivity contribution in [3.8, 4) is 0 Å². The second-order valence-electron chi connectivity index (χ2n) is 3.60. The van der Waals surface area contributed by atoms with E-state index in [1.54, 1.807) is 28.4 Å². The van der Waals surface area contributed by atoms with E-state index in [2.05, 4.69) is 0 Å². The highest BCUT2D eigenvalue weighted by Crippen LogP contribution is 2.44. The first-order valence-corrected chi connectivity index (χ1v) is 6.45. The van der Waals surface area contributed by atoms with Crippen LogP contribution in [0.1, 0.15) is 6.92 Å². The fourth-order valence-electron chi connectivity index (χ4n) is 1.86. The molecule has 1 amide bonds. The van der Waals surface area contributed by atoms with Crippen molar-refractivity contribution in [2.45, 2.75) is 17.8 Å². The van der Waals surface area contributed by atoms with Gasteiger partial charge in [-0.2, -0.15) is 0 Å². The molecule has 14 heavy (non-hydrogen) atoms. The van der Waals surface area contributed by atoms with E-state index in [0.29, 0.717) is 11.5 Å². The average molecular weight is 233 g/mol. The Kier molecular flexibility index (Phi) is 2.43. The lowest BCUT2D eigenvalue weighted by atomic mass is 10.2. The Hall–Kier alpha value is -0.360. The molecule has 2 aliphatic heterocycles. The standard InChI is InChI=1S/C8H11NO3S2/c1-8-4-13-3-6(10)9(8)5(2-14-8)7(11)12/h5H,2-4H2,1H3,(H,11,12)/t5-,8-/m1/s1. The number of nitrogens with zero attached hydrogens (tertiary/aromatic N) is 1. The quantitative estimate of drug-likeness (QED) is 0.714. The van der Waals surface area contributed by atoms with Gasteiger partial charge in [-0.05, 0) is 6.92 Å². The van der Waals surface area contributed by atoms with Crippen molar-refractivity contribution in [2.75, 3.05) is 17.3 Å². The Bertz CT molecular complexity index is 296. The number of hydrogen-bond donors (Lipinski definition) is 1. The van der Waals surface area contributed by atoms with Crippen LogP contribution >= 0.6 is 23.5 Å². The predicted molar refractivity (Wildman–Crippen MR) is 56.5 cm³/mol. The van der Waals surface area contributed by atoms with E-state index in [9.17, 15) is 9.59 Å². The Morgan fingerprint density at radius 1 is 1.71 bits per heavy atom. The Morgan fingerprint density at radius 3 is 3.07 bits per heavy atom.